The number of rotatable bonds is 4. The fourth-order valence-corrected chi connectivity index (χ4v) is 1.60. The zero-order valence-electron chi connectivity index (χ0n) is 13.8. The Labute approximate surface area is 139 Å². The summed E-state index contributed by atoms with van der Waals surface area (Å²) in [6, 6.07) is 0. The molecule has 1 aromatic rings. The van der Waals surface area contributed by atoms with Gasteiger partial charge in [0.05, 0.1) is 0 Å². The Morgan fingerprint density at radius 2 is 1.28 bits per heavy atom. The first-order chi connectivity index (χ1) is 11.3. The van der Waals surface area contributed by atoms with E-state index in [9.17, 15) is 31.5 Å². The van der Waals surface area contributed by atoms with Crippen LogP contribution in [-0.4, -0.2) is 23.1 Å². The van der Waals surface area contributed by atoms with Gasteiger partial charge in [0.2, 0.25) is 40.4 Å². The van der Waals surface area contributed by atoms with E-state index >= 15 is 0 Å². The zero-order chi connectivity index (χ0) is 19.7. The summed E-state index contributed by atoms with van der Waals surface area (Å²) < 4.78 is 75.5. The third-order valence-corrected chi connectivity index (χ3v) is 3.05. The van der Waals surface area contributed by atoms with Gasteiger partial charge in [-0.3, -0.25) is 0 Å². The quantitative estimate of drug-likeness (QED) is 0.221. The number of hydrogen-bond acceptors (Lipinski definition) is 5. The number of esters is 2. The van der Waals surface area contributed by atoms with Gasteiger partial charge >= 0.3 is 11.9 Å². The van der Waals surface area contributed by atoms with Crippen LogP contribution < -0.4 is 10.5 Å². The minimum Gasteiger partial charge on any atom is -0.458 e. The molecule has 25 heavy (non-hydrogen) atoms. The van der Waals surface area contributed by atoms with E-state index < -0.39 is 64.3 Å². The number of nitrogens with two attached hydrogens (primary N) is 1. The maximum Gasteiger partial charge on any atom is 0.343 e. The van der Waals surface area contributed by atoms with Crippen molar-refractivity contribution >= 4 is 11.9 Å². The Morgan fingerprint density at radius 3 is 1.64 bits per heavy atom. The van der Waals surface area contributed by atoms with Crippen LogP contribution in [0.1, 0.15) is 34.1 Å². The Balaban J connectivity index is 3.27. The van der Waals surface area contributed by atoms with Gasteiger partial charge in [-0.1, -0.05) is 6.92 Å². The Morgan fingerprint density at radius 1 is 0.880 bits per heavy atom. The molecule has 5 nitrogen and oxygen atoms in total. The van der Waals surface area contributed by atoms with Gasteiger partial charge in [-0.05, 0) is 27.2 Å². The van der Waals surface area contributed by atoms with E-state index in [0.717, 1.165) is 0 Å². The van der Waals surface area contributed by atoms with Crippen LogP contribution in [-0.2, 0) is 14.3 Å². The first-order valence-electron chi connectivity index (χ1n) is 7.02. The molecule has 0 spiro atoms. The largest absolute Gasteiger partial charge is 0.458 e. The van der Waals surface area contributed by atoms with Gasteiger partial charge in [0.15, 0.2) is 0 Å². The van der Waals surface area contributed by atoms with Gasteiger partial charge in [0.1, 0.15) is 5.60 Å². The number of halogens is 5. The molecule has 0 fully saturated rings. The van der Waals surface area contributed by atoms with Gasteiger partial charge in [-0.15, -0.1) is 0 Å². The van der Waals surface area contributed by atoms with E-state index in [1.807, 2.05) is 0 Å². The predicted octanol–water partition coefficient (Wildman–Crippen LogP) is 2.74. The van der Waals surface area contributed by atoms with Crippen LogP contribution in [0.5, 0.6) is 5.75 Å². The molecule has 0 saturated heterocycles. The summed E-state index contributed by atoms with van der Waals surface area (Å²) in [4.78, 5) is 24.1. The number of benzene rings is 1. The lowest BCUT2D eigenvalue weighted by Gasteiger charge is -2.28. The molecular weight excluding hydrogens is 353 g/mol. The van der Waals surface area contributed by atoms with E-state index in [2.05, 4.69) is 4.74 Å². The minimum absolute atomic E-state index is 0.420. The van der Waals surface area contributed by atoms with E-state index in [-0.39, 0.29) is 0 Å². The highest BCUT2D eigenvalue weighted by Gasteiger charge is 2.46. The SMILES string of the molecule is CCC(N)(C(=O)Oc1c(F)c(F)c(F)c(F)c1F)C(=O)OC(C)(C)C. The number of carbonyl (C=O) groups excluding carboxylic acids is 2. The second-order valence-electron chi connectivity index (χ2n) is 6.12. The fourth-order valence-electron chi connectivity index (χ4n) is 1.60. The van der Waals surface area contributed by atoms with Crippen LogP contribution >= 0.6 is 0 Å². The van der Waals surface area contributed by atoms with Crippen molar-refractivity contribution < 1.29 is 41.0 Å². The van der Waals surface area contributed by atoms with Crippen molar-refractivity contribution in [2.24, 2.45) is 5.73 Å². The maximum absolute atomic E-state index is 13.6. The second kappa shape index (κ2) is 6.95. The van der Waals surface area contributed by atoms with Crippen LogP contribution in [0.4, 0.5) is 22.0 Å². The van der Waals surface area contributed by atoms with Crippen molar-refractivity contribution in [1.29, 1.82) is 0 Å². The van der Waals surface area contributed by atoms with Crippen LogP contribution in [0.2, 0.25) is 0 Å². The average molecular weight is 369 g/mol. The normalized spacial score (nSPS) is 14.0. The van der Waals surface area contributed by atoms with Crippen LogP contribution in [0, 0.1) is 29.1 Å². The van der Waals surface area contributed by atoms with Crippen molar-refractivity contribution in [1.82, 2.24) is 0 Å². The van der Waals surface area contributed by atoms with Crippen molar-refractivity contribution in [2.75, 3.05) is 0 Å². The maximum atomic E-state index is 13.6. The molecular formula is C15H16F5NO4. The van der Waals surface area contributed by atoms with Gasteiger partial charge < -0.3 is 15.2 Å². The van der Waals surface area contributed by atoms with E-state index in [4.69, 9.17) is 10.5 Å². The van der Waals surface area contributed by atoms with E-state index in [1.165, 1.54) is 27.7 Å². The number of ether oxygens (including phenoxy) is 2. The predicted molar refractivity (Wildman–Crippen MR) is 74.9 cm³/mol. The third kappa shape index (κ3) is 4.06. The summed E-state index contributed by atoms with van der Waals surface area (Å²) in [5, 5.41) is 0. The molecule has 1 atom stereocenters. The summed E-state index contributed by atoms with van der Waals surface area (Å²) in [6.07, 6.45) is -0.420. The smallest absolute Gasteiger partial charge is 0.343 e. The summed E-state index contributed by atoms with van der Waals surface area (Å²) in [7, 11) is 0. The highest BCUT2D eigenvalue weighted by atomic mass is 19.2. The monoisotopic (exact) mass is 369 g/mol. The Bertz CT molecular complexity index is 688. The lowest BCUT2D eigenvalue weighted by Crippen LogP contribution is -2.58. The molecule has 0 aromatic heterocycles. The molecule has 10 heteroatoms. The van der Waals surface area contributed by atoms with Gasteiger partial charge in [-0.2, -0.15) is 8.78 Å². The Hall–Kier alpha value is -2.23. The van der Waals surface area contributed by atoms with Crippen molar-refractivity contribution in [2.45, 2.75) is 45.3 Å². The van der Waals surface area contributed by atoms with Crippen LogP contribution in [0.25, 0.3) is 0 Å². The molecule has 1 unspecified atom stereocenters. The summed E-state index contributed by atoms with van der Waals surface area (Å²) in [5.41, 5.74) is 2.03. The van der Waals surface area contributed by atoms with Gasteiger partial charge in [0, 0.05) is 0 Å². The topological polar surface area (TPSA) is 78.6 Å². The molecule has 0 aliphatic carbocycles. The molecule has 140 valence electrons. The van der Waals surface area contributed by atoms with E-state index in [0.29, 0.717) is 0 Å². The Kier molecular flexibility index (Phi) is 5.78. The fraction of sp³-hybridized carbons (Fsp3) is 0.467. The van der Waals surface area contributed by atoms with Gasteiger partial charge in [-0.25, -0.2) is 22.8 Å². The minimum atomic E-state index is -2.51. The second-order valence-corrected chi connectivity index (χ2v) is 6.12. The first-order valence-corrected chi connectivity index (χ1v) is 7.02. The molecule has 1 rings (SSSR count). The molecule has 0 aliphatic rings. The highest BCUT2D eigenvalue weighted by molar-refractivity contribution is 6.05. The van der Waals surface area contributed by atoms with E-state index in [1.54, 1.807) is 0 Å². The van der Waals surface area contributed by atoms with Crippen LogP contribution in [0.3, 0.4) is 0 Å². The lowest BCUT2D eigenvalue weighted by atomic mass is 9.97. The highest BCUT2D eigenvalue weighted by Crippen LogP contribution is 2.30. The first kappa shape index (κ1) is 20.8. The average Bonchev–Trinajstić information content (AvgIpc) is 2.52. The molecule has 0 amide bonds. The van der Waals surface area contributed by atoms with Crippen molar-refractivity contribution in [3.63, 3.8) is 0 Å². The molecule has 0 heterocycles. The molecule has 0 aliphatic heterocycles. The lowest BCUT2D eigenvalue weighted by molar-refractivity contribution is -0.168. The number of carbonyl (C=O) groups is 2. The zero-order valence-corrected chi connectivity index (χ0v) is 13.8. The molecule has 0 bridgehead atoms. The third-order valence-electron chi connectivity index (χ3n) is 3.05. The van der Waals surface area contributed by atoms with Gasteiger partial charge in [0.25, 0.3) is 0 Å². The van der Waals surface area contributed by atoms with Crippen molar-refractivity contribution in [3.8, 4) is 5.75 Å². The standard InChI is InChI=1S/C15H16F5NO4/c1-5-15(21,13(23)25-14(2,3)4)12(22)24-11-9(19)7(17)6(16)8(18)10(11)20/h5,21H2,1-4H3. The van der Waals surface area contributed by atoms with Crippen molar-refractivity contribution in [3.05, 3.63) is 29.1 Å². The molecule has 2 N–H and O–H groups in total. The number of hydrogen-bond donors (Lipinski definition) is 1. The summed E-state index contributed by atoms with van der Waals surface area (Å²) in [5.74, 6) is -16.6. The summed E-state index contributed by atoms with van der Waals surface area (Å²) in [6.45, 7) is 5.67. The molecule has 0 radical (unpaired) electrons. The van der Waals surface area contributed by atoms with Crippen LogP contribution in [0.15, 0.2) is 0 Å². The summed E-state index contributed by atoms with van der Waals surface area (Å²) >= 11 is 0. The molecule has 0 saturated carbocycles. The molecule has 1 aromatic carbocycles.